The normalized spacial score (nSPS) is 16.2. The molecule has 0 aliphatic carbocycles. The Morgan fingerprint density at radius 2 is 1.75 bits per heavy atom. The molecule has 2 N–H and O–H groups in total. The molecule has 0 saturated carbocycles. The summed E-state index contributed by atoms with van der Waals surface area (Å²) < 4.78 is 19.5. The molecule has 3 aromatic rings. The van der Waals surface area contributed by atoms with Crippen LogP contribution in [0.2, 0.25) is 0 Å². The summed E-state index contributed by atoms with van der Waals surface area (Å²) in [6.45, 7) is 0.930. The highest BCUT2D eigenvalue weighted by Gasteiger charge is 2.24. The van der Waals surface area contributed by atoms with E-state index in [1.807, 2.05) is 60.7 Å². The number of benzene rings is 3. The van der Waals surface area contributed by atoms with Crippen molar-refractivity contribution >= 4 is 17.4 Å². The molecule has 6 heteroatoms. The first-order chi connectivity index (χ1) is 15.7. The Morgan fingerprint density at radius 3 is 2.50 bits per heavy atom. The summed E-state index contributed by atoms with van der Waals surface area (Å²) in [6.07, 6.45) is 0.528. The van der Waals surface area contributed by atoms with Crippen LogP contribution in [0, 0.1) is 5.82 Å². The first kappa shape index (κ1) is 21.7. The van der Waals surface area contributed by atoms with E-state index in [2.05, 4.69) is 10.6 Å². The predicted octanol–water partition coefficient (Wildman–Crippen LogP) is 3.83. The summed E-state index contributed by atoms with van der Waals surface area (Å²) in [5.41, 5.74) is 3.90. The predicted molar refractivity (Wildman–Crippen MR) is 125 cm³/mol. The summed E-state index contributed by atoms with van der Waals surface area (Å²) in [5.74, 6) is -0.607. The molecule has 5 nitrogen and oxygen atoms in total. The third-order valence-corrected chi connectivity index (χ3v) is 5.52. The maximum atomic E-state index is 14.5. The Hall–Kier alpha value is -3.51. The van der Waals surface area contributed by atoms with Crippen molar-refractivity contribution in [2.24, 2.45) is 4.99 Å². The van der Waals surface area contributed by atoms with E-state index in [0.717, 1.165) is 16.8 Å². The van der Waals surface area contributed by atoms with E-state index in [9.17, 15) is 9.18 Å². The molecular formula is C26H26FN3O2. The molecule has 0 bridgehead atoms. The number of halogens is 1. The topological polar surface area (TPSA) is 62.7 Å². The van der Waals surface area contributed by atoms with Gasteiger partial charge in [-0.05, 0) is 30.2 Å². The second-order valence-electron chi connectivity index (χ2n) is 7.73. The molecule has 0 saturated heterocycles. The second kappa shape index (κ2) is 10.2. The van der Waals surface area contributed by atoms with Gasteiger partial charge in [-0.3, -0.25) is 9.79 Å². The van der Waals surface area contributed by atoms with Crippen LogP contribution in [0.1, 0.15) is 16.7 Å². The number of benzodiazepines with no additional fused rings is 1. The number of esters is 1. The second-order valence-corrected chi connectivity index (χ2v) is 7.73. The molecule has 0 fully saturated rings. The fourth-order valence-corrected chi connectivity index (χ4v) is 3.88. The summed E-state index contributed by atoms with van der Waals surface area (Å²) in [6, 6.07) is 23.7. The van der Waals surface area contributed by atoms with E-state index in [1.54, 1.807) is 12.1 Å². The number of carbonyl (C=O) groups is 1. The molecule has 164 valence electrons. The van der Waals surface area contributed by atoms with E-state index in [1.165, 1.54) is 13.2 Å². The minimum Gasteiger partial charge on any atom is -0.468 e. The molecule has 0 amide bonds. The highest BCUT2D eigenvalue weighted by atomic mass is 19.1. The Bertz CT molecular complexity index is 1100. The Balaban J connectivity index is 1.53. The summed E-state index contributed by atoms with van der Waals surface area (Å²) >= 11 is 0. The zero-order valence-electron chi connectivity index (χ0n) is 17.9. The van der Waals surface area contributed by atoms with Crippen molar-refractivity contribution in [1.82, 2.24) is 5.32 Å². The average molecular weight is 432 g/mol. The number of fused-ring (bicyclic) bond motifs is 1. The third kappa shape index (κ3) is 5.03. The molecule has 1 aliphatic rings. The number of ether oxygens (including phenoxy) is 1. The number of nitrogens with zero attached hydrogens (tertiary/aromatic N) is 1. The maximum absolute atomic E-state index is 14.5. The number of para-hydroxylation sites is 1. The van der Waals surface area contributed by atoms with Gasteiger partial charge in [0.1, 0.15) is 11.9 Å². The molecule has 32 heavy (non-hydrogen) atoms. The quantitative estimate of drug-likeness (QED) is 0.558. The molecule has 1 aliphatic heterocycles. The van der Waals surface area contributed by atoms with Crippen LogP contribution in [0.4, 0.5) is 10.1 Å². The summed E-state index contributed by atoms with van der Waals surface area (Å²) in [4.78, 5) is 17.1. The molecule has 1 heterocycles. The van der Waals surface area contributed by atoms with Gasteiger partial charge >= 0.3 is 5.97 Å². The standard InChI is InChI=1S/C26H26FN3O2/c1-32-26(31)24(15-18-9-3-2-4-10-18)28-16-19-17-29-25(20-11-5-7-13-22(20)27)21-12-6-8-14-23(21)30-19/h2-14,19,24,28,30H,15-17H2,1H3/t19?,24-/m0/s1. The summed E-state index contributed by atoms with van der Waals surface area (Å²) in [7, 11) is 1.40. The van der Waals surface area contributed by atoms with Gasteiger partial charge < -0.3 is 15.4 Å². The van der Waals surface area contributed by atoms with Gasteiger partial charge in [0, 0.05) is 23.4 Å². The van der Waals surface area contributed by atoms with Crippen molar-refractivity contribution in [3.05, 3.63) is 101 Å². The van der Waals surface area contributed by atoms with Crippen molar-refractivity contribution < 1.29 is 13.9 Å². The number of methoxy groups -OCH3 is 1. The van der Waals surface area contributed by atoms with E-state index >= 15 is 0 Å². The number of nitrogens with one attached hydrogen (secondary N) is 2. The zero-order valence-corrected chi connectivity index (χ0v) is 17.9. The van der Waals surface area contributed by atoms with Gasteiger partial charge in [0.15, 0.2) is 0 Å². The van der Waals surface area contributed by atoms with Gasteiger partial charge in [0.05, 0.1) is 25.4 Å². The highest BCUT2D eigenvalue weighted by molar-refractivity contribution is 6.16. The van der Waals surface area contributed by atoms with Crippen LogP contribution in [-0.4, -0.2) is 44.0 Å². The number of hydrogen-bond acceptors (Lipinski definition) is 5. The molecule has 0 radical (unpaired) electrons. The molecule has 4 rings (SSSR count). The van der Waals surface area contributed by atoms with Crippen molar-refractivity contribution in [1.29, 1.82) is 0 Å². The highest BCUT2D eigenvalue weighted by Crippen LogP contribution is 2.25. The Labute approximate surface area is 187 Å². The first-order valence-corrected chi connectivity index (χ1v) is 10.7. The van der Waals surface area contributed by atoms with Crippen molar-refractivity contribution in [2.75, 3.05) is 25.5 Å². The fraction of sp³-hybridized carbons (Fsp3) is 0.231. The van der Waals surface area contributed by atoms with Crippen molar-refractivity contribution in [3.8, 4) is 0 Å². The fourth-order valence-electron chi connectivity index (χ4n) is 3.88. The average Bonchev–Trinajstić information content (AvgIpc) is 3.01. The monoisotopic (exact) mass is 431 g/mol. The lowest BCUT2D eigenvalue weighted by atomic mass is 10.0. The van der Waals surface area contributed by atoms with Crippen LogP contribution in [0.5, 0.6) is 0 Å². The van der Waals surface area contributed by atoms with Crippen molar-refractivity contribution in [2.45, 2.75) is 18.5 Å². The molecule has 3 aromatic carbocycles. The van der Waals surface area contributed by atoms with Crippen LogP contribution in [-0.2, 0) is 16.0 Å². The van der Waals surface area contributed by atoms with Crippen LogP contribution in [0.25, 0.3) is 0 Å². The SMILES string of the molecule is COC(=O)[C@H](Cc1ccccc1)NCC1CN=C(c2ccccc2F)c2ccccc2N1. The minimum atomic E-state index is -0.474. The van der Waals surface area contributed by atoms with Crippen LogP contribution in [0.3, 0.4) is 0 Å². The third-order valence-electron chi connectivity index (χ3n) is 5.52. The maximum Gasteiger partial charge on any atom is 0.323 e. The number of anilines is 1. The van der Waals surface area contributed by atoms with Gasteiger partial charge in [0.25, 0.3) is 0 Å². The number of aliphatic imine (C=N–C) groups is 1. The van der Waals surface area contributed by atoms with Crippen molar-refractivity contribution in [3.63, 3.8) is 0 Å². The zero-order chi connectivity index (χ0) is 22.3. The molecule has 0 spiro atoms. The molecule has 2 atom stereocenters. The van der Waals surface area contributed by atoms with Crippen LogP contribution in [0.15, 0.2) is 83.9 Å². The lowest BCUT2D eigenvalue weighted by molar-refractivity contribution is -0.143. The first-order valence-electron chi connectivity index (χ1n) is 10.7. The van der Waals surface area contributed by atoms with Crippen LogP contribution < -0.4 is 10.6 Å². The molecule has 0 aromatic heterocycles. The smallest absolute Gasteiger partial charge is 0.323 e. The van der Waals surface area contributed by atoms with E-state index in [0.29, 0.717) is 30.8 Å². The van der Waals surface area contributed by atoms with Gasteiger partial charge in [0.2, 0.25) is 0 Å². The van der Waals surface area contributed by atoms with E-state index in [4.69, 9.17) is 9.73 Å². The van der Waals surface area contributed by atoms with Gasteiger partial charge in [-0.1, -0.05) is 60.7 Å². The largest absolute Gasteiger partial charge is 0.468 e. The van der Waals surface area contributed by atoms with Gasteiger partial charge in [-0.2, -0.15) is 0 Å². The molecule has 1 unspecified atom stereocenters. The number of carbonyl (C=O) groups excluding carboxylic acids is 1. The minimum absolute atomic E-state index is 0.0802. The molecular weight excluding hydrogens is 405 g/mol. The van der Waals surface area contributed by atoms with Crippen LogP contribution >= 0.6 is 0 Å². The lowest BCUT2D eigenvalue weighted by Crippen LogP contribution is -2.45. The lowest BCUT2D eigenvalue weighted by Gasteiger charge is -2.22. The Morgan fingerprint density at radius 1 is 1.06 bits per heavy atom. The van der Waals surface area contributed by atoms with Gasteiger partial charge in [-0.25, -0.2) is 4.39 Å². The van der Waals surface area contributed by atoms with E-state index < -0.39 is 6.04 Å². The van der Waals surface area contributed by atoms with E-state index in [-0.39, 0.29) is 17.8 Å². The Kier molecular flexibility index (Phi) is 6.92. The summed E-state index contributed by atoms with van der Waals surface area (Å²) in [5, 5.41) is 6.84. The number of hydrogen-bond donors (Lipinski definition) is 2. The number of rotatable bonds is 7. The van der Waals surface area contributed by atoms with Gasteiger partial charge in [-0.15, -0.1) is 0 Å².